The molecule has 0 unspecified atom stereocenters. The number of amides is 1. The topological polar surface area (TPSA) is 62.1 Å². The first-order chi connectivity index (χ1) is 13.6. The summed E-state index contributed by atoms with van der Waals surface area (Å²) in [6.07, 6.45) is 5.76. The number of aromatic nitrogens is 2. The van der Waals surface area contributed by atoms with Gasteiger partial charge in [0.15, 0.2) is 5.76 Å². The van der Waals surface area contributed by atoms with Crippen LogP contribution < -0.4 is 0 Å². The maximum absolute atomic E-state index is 13.1. The molecule has 0 saturated carbocycles. The number of piperidine rings is 1. The van der Waals surface area contributed by atoms with Gasteiger partial charge in [0, 0.05) is 46.3 Å². The Balaban J connectivity index is 1.35. The van der Waals surface area contributed by atoms with Gasteiger partial charge in [-0.25, -0.2) is 4.98 Å². The first-order valence-electron chi connectivity index (χ1n) is 9.52. The SMILES string of the molecule is Cc1c(C(=O)N2CCC(c3c[nH]c4ncccc34)CC2)oc2ccc(Br)cc12. The highest BCUT2D eigenvalue weighted by Crippen LogP contribution is 2.34. The van der Waals surface area contributed by atoms with E-state index in [1.807, 2.05) is 36.1 Å². The Kier molecular flexibility index (Phi) is 4.23. The molecule has 1 fully saturated rings. The fraction of sp³-hybridized carbons (Fsp3) is 0.273. The minimum Gasteiger partial charge on any atom is -0.451 e. The van der Waals surface area contributed by atoms with E-state index in [1.165, 1.54) is 10.9 Å². The number of carbonyl (C=O) groups excluding carboxylic acids is 1. The number of hydrogen-bond donors (Lipinski definition) is 1. The van der Waals surface area contributed by atoms with E-state index in [0.717, 1.165) is 52.6 Å². The van der Waals surface area contributed by atoms with E-state index >= 15 is 0 Å². The number of likely N-dealkylation sites (tertiary alicyclic amines) is 1. The highest BCUT2D eigenvalue weighted by molar-refractivity contribution is 9.10. The van der Waals surface area contributed by atoms with Crippen LogP contribution in [0.25, 0.3) is 22.0 Å². The molecule has 0 atom stereocenters. The van der Waals surface area contributed by atoms with Crippen LogP contribution in [0.3, 0.4) is 0 Å². The summed E-state index contributed by atoms with van der Waals surface area (Å²) in [7, 11) is 0. The van der Waals surface area contributed by atoms with Crippen molar-refractivity contribution in [1.29, 1.82) is 0 Å². The summed E-state index contributed by atoms with van der Waals surface area (Å²) in [4.78, 5) is 22.6. The predicted octanol–water partition coefficient (Wildman–Crippen LogP) is 5.40. The lowest BCUT2D eigenvalue weighted by atomic mass is 9.89. The van der Waals surface area contributed by atoms with Gasteiger partial charge in [-0.05, 0) is 61.6 Å². The fourth-order valence-corrected chi connectivity index (χ4v) is 4.61. The fourth-order valence-electron chi connectivity index (χ4n) is 4.25. The maximum Gasteiger partial charge on any atom is 0.289 e. The molecule has 28 heavy (non-hydrogen) atoms. The highest BCUT2D eigenvalue weighted by atomic mass is 79.9. The van der Waals surface area contributed by atoms with Crippen LogP contribution in [0.4, 0.5) is 0 Å². The molecule has 0 spiro atoms. The summed E-state index contributed by atoms with van der Waals surface area (Å²) < 4.78 is 6.88. The van der Waals surface area contributed by atoms with E-state index in [-0.39, 0.29) is 5.91 Å². The molecule has 5 rings (SSSR count). The van der Waals surface area contributed by atoms with Crippen molar-refractivity contribution in [3.05, 3.63) is 64.1 Å². The smallest absolute Gasteiger partial charge is 0.289 e. The van der Waals surface area contributed by atoms with E-state index in [0.29, 0.717) is 11.7 Å². The van der Waals surface area contributed by atoms with E-state index in [2.05, 4.69) is 38.2 Å². The third kappa shape index (κ3) is 2.83. The molecular formula is C22H20BrN3O2. The molecule has 1 aliphatic rings. The first-order valence-corrected chi connectivity index (χ1v) is 10.3. The molecule has 1 aliphatic heterocycles. The number of nitrogens with zero attached hydrogens (tertiary/aromatic N) is 2. The summed E-state index contributed by atoms with van der Waals surface area (Å²) in [5.41, 5.74) is 3.90. The van der Waals surface area contributed by atoms with Crippen LogP contribution in [0, 0.1) is 6.92 Å². The number of aromatic amines is 1. The summed E-state index contributed by atoms with van der Waals surface area (Å²) in [6.45, 7) is 3.42. The monoisotopic (exact) mass is 437 g/mol. The number of furan rings is 1. The third-order valence-electron chi connectivity index (χ3n) is 5.80. The molecule has 0 aliphatic carbocycles. The minimum atomic E-state index is -0.0103. The van der Waals surface area contributed by atoms with Gasteiger partial charge >= 0.3 is 0 Å². The largest absolute Gasteiger partial charge is 0.451 e. The molecule has 1 amide bonds. The Bertz CT molecular complexity index is 1190. The average molecular weight is 438 g/mol. The molecule has 0 bridgehead atoms. The van der Waals surface area contributed by atoms with Crippen LogP contribution in [0.5, 0.6) is 0 Å². The second-order valence-corrected chi connectivity index (χ2v) is 8.32. The maximum atomic E-state index is 13.1. The highest BCUT2D eigenvalue weighted by Gasteiger charge is 2.29. The van der Waals surface area contributed by atoms with Gasteiger partial charge in [0.2, 0.25) is 0 Å². The number of aryl methyl sites for hydroxylation is 1. The molecule has 142 valence electrons. The number of rotatable bonds is 2. The van der Waals surface area contributed by atoms with E-state index in [9.17, 15) is 4.79 Å². The van der Waals surface area contributed by atoms with Crippen LogP contribution in [0.1, 0.15) is 40.4 Å². The van der Waals surface area contributed by atoms with Gasteiger partial charge in [-0.3, -0.25) is 4.79 Å². The van der Waals surface area contributed by atoms with Gasteiger partial charge in [-0.15, -0.1) is 0 Å². The van der Waals surface area contributed by atoms with Crippen LogP contribution in [-0.4, -0.2) is 33.9 Å². The van der Waals surface area contributed by atoms with Crippen LogP contribution >= 0.6 is 15.9 Å². The van der Waals surface area contributed by atoms with Crippen molar-refractivity contribution in [3.63, 3.8) is 0 Å². The van der Waals surface area contributed by atoms with Gasteiger partial charge < -0.3 is 14.3 Å². The zero-order valence-electron chi connectivity index (χ0n) is 15.5. The van der Waals surface area contributed by atoms with E-state index in [1.54, 1.807) is 6.20 Å². The van der Waals surface area contributed by atoms with Gasteiger partial charge in [-0.1, -0.05) is 15.9 Å². The Morgan fingerprint density at radius 1 is 1.25 bits per heavy atom. The van der Waals surface area contributed by atoms with Crippen molar-refractivity contribution < 1.29 is 9.21 Å². The zero-order chi connectivity index (χ0) is 19.3. The second-order valence-electron chi connectivity index (χ2n) is 7.41. The Hall–Kier alpha value is -2.60. The molecule has 3 aromatic heterocycles. The first kappa shape index (κ1) is 17.5. The lowest BCUT2D eigenvalue weighted by Crippen LogP contribution is -2.38. The van der Waals surface area contributed by atoms with Crippen molar-refractivity contribution in [1.82, 2.24) is 14.9 Å². The molecule has 4 heterocycles. The number of hydrogen-bond acceptors (Lipinski definition) is 3. The van der Waals surface area contributed by atoms with Gasteiger partial charge in [0.25, 0.3) is 5.91 Å². The average Bonchev–Trinajstić information content (AvgIpc) is 3.29. The standard InChI is InChI=1S/C22H20BrN3O2/c1-13-17-11-15(23)4-5-19(17)28-20(13)22(27)26-9-6-14(7-10-26)18-12-25-21-16(18)3-2-8-24-21/h2-5,8,11-12,14H,6-7,9-10H2,1H3,(H,24,25). The minimum absolute atomic E-state index is 0.0103. The molecule has 6 heteroatoms. The molecule has 5 nitrogen and oxygen atoms in total. The molecular weight excluding hydrogens is 418 g/mol. The summed E-state index contributed by atoms with van der Waals surface area (Å²) >= 11 is 3.49. The molecule has 1 N–H and O–H groups in total. The number of nitrogens with one attached hydrogen (secondary N) is 1. The zero-order valence-corrected chi connectivity index (χ0v) is 17.1. The summed E-state index contributed by atoms with van der Waals surface area (Å²) in [5.74, 6) is 0.890. The third-order valence-corrected chi connectivity index (χ3v) is 6.29. The molecule has 0 radical (unpaired) electrons. The van der Waals surface area contributed by atoms with E-state index < -0.39 is 0 Å². The lowest BCUT2D eigenvalue weighted by Gasteiger charge is -2.31. The van der Waals surface area contributed by atoms with Crippen LogP contribution in [0.15, 0.2) is 51.6 Å². The summed E-state index contributed by atoms with van der Waals surface area (Å²) in [5, 5.41) is 2.17. The van der Waals surface area contributed by atoms with Crippen LogP contribution in [-0.2, 0) is 0 Å². The van der Waals surface area contributed by atoms with Gasteiger partial charge in [0.1, 0.15) is 11.2 Å². The number of fused-ring (bicyclic) bond motifs is 2. The van der Waals surface area contributed by atoms with Crippen molar-refractivity contribution in [2.45, 2.75) is 25.7 Å². The summed E-state index contributed by atoms with van der Waals surface area (Å²) in [6, 6.07) is 9.92. The van der Waals surface area contributed by atoms with Gasteiger partial charge in [0.05, 0.1) is 0 Å². The quantitative estimate of drug-likeness (QED) is 0.456. The molecule has 1 aromatic carbocycles. The molecule has 4 aromatic rings. The molecule has 1 saturated heterocycles. The Morgan fingerprint density at radius 3 is 2.89 bits per heavy atom. The van der Waals surface area contributed by atoms with E-state index in [4.69, 9.17) is 4.42 Å². The number of benzene rings is 1. The Labute approximate surface area is 170 Å². The van der Waals surface area contributed by atoms with Gasteiger partial charge in [-0.2, -0.15) is 0 Å². The van der Waals surface area contributed by atoms with Crippen molar-refractivity contribution in [2.24, 2.45) is 0 Å². The van der Waals surface area contributed by atoms with Crippen molar-refractivity contribution >= 4 is 43.8 Å². The number of pyridine rings is 1. The van der Waals surface area contributed by atoms with Crippen molar-refractivity contribution in [3.8, 4) is 0 Å². The predicted molar refractivity (Wildman–Crippen MR) is 113 cm³/mol. The van der Waals surface area contributed by atoms with Crippen LogP contribution in [0.2, 0.25) is 0 Å². The number of carbonyl (C=O) groups is 1. The lowest BCUT2D eigenvalue weighted by molar-refractivity contribution is 0.0682. The number of H-pyrrole nitrogens is 1. The number of halogens is 1. The normalized spacial score (nSPS) is 15.6. The second kappa shape index (κ2) is 6.78. The Morgan fingerprint density at radius 2 is 2.07 bits per heavy atom. The van der Waals surface area contributed by atoms with Crippen molar-refractivity contribution in [2.75, 3.05) is 13.1 Å².